The summed E-state index contributed by atoms with van der Waals surface area (Å²) in [5.41, 5.74) is 0. The summed E-state index contributed by atoms with van der Waals surface area (Å²) in [7, 11) is 0. The van der Waals surface area contributed by atoms with Crippen LogP contribution < -0.4 is 5.32 Å². The fourth-order valence-corrected chi connectivity index (χ4v) is 8.81. The van der Waals surface area contributed by atoms with Gasteiger partial charge in [0.2, 0.25) is 5.91 Å². The summed E-state index contributed by atoms with van der Waals surface area (Å²) in [6, 6.07) is -0.639. The number of aliphatic hydroxyl groups excluding tert-OH is 2. The summed E-state index contributed by atoms with van der Waals surface area (Å²) < 4.78 is 5.47. The van der Waals surface area contributed by atoms with E-state index in [2.05, 4.69) is 31.3 Å². The van der Waals surface area contributed by atoms with Crippen LogP contribution >= 0.6 is 0 Å². The molecule has 0 saturated carbocycles. The SMILES string of the molecule is CCCCCCCCCCCCCCCC/C=C/C(O)C(CO)NC(=O)CCCCCCCCC/C=C\CCCCCCOC(=O)CCCCCCCCCCCCCCCCCC. The van der Waals surface area contributed by atoms with Crippen LogP contribution in [0.15, 0.2) is 24.3 Å². The molecule has 1 amide bonds. The summed E-state index contributed by atoms with van der Waals surface area (Å²) in [6.07, 6.45) is 64.8. The zero-order chi connectivity index (χ0) is 46.5. The van der Waals surface area contributed by atoms with Crippen LogP contribution in [0.4, 0.5) is 0 Å². The Morgan fingerprint density at radius 3 is 1.11 bits per heavy atom. The number of hydrogen-bond donors (Lipinski definition) is 3. The van der Waals surface area contributed by atoms with Gasteiger partial charge in [0.25, 0.3) is 0 Å². The molecule has 0 aliphatic carbocycles. The standard InChI is InChI=1S/C58H111NO5/c1-3-5-7-9-11-13-15-17-19-22-26-30-34-38-42-46-50-56(61)55(54-60)59-57(62)51-47-43-39-35-31-27-23-21-25-29-33-37-41-45-49-53-64-58(63)52-48-44-40-36-32-28-24-20-18-16-14-12-10-8-6-4-2/h25,29,46,50,55-56,60-61H,3-24,26-28,30-45,47-49,51-54H2,1-2H3,(H,59,62)/b29-25-,50-46+. The summed E-state index contributed by atoms with van der Waals surface area (Å²) in [6.45, 7) is 4.88. The maximum Gasteiger partial charge on any atom is 0.305 e. The van der Waals surface area contributed by atoms with Gasteiger partial charge in [-0.05, 0) is 57.8 Å². The maximum atomic E-state index is 12.4. The van der Waals surface area contributed by atoms with Gasteiger partial charge in [-0.15, -0.1) is 0 Å². The molecule has 6 nitrogen and oxygen atoms in total. The van der Waals surface area contributed by atoms with Crippen molar-refractivity contribution in [2.45, 2.75) is 321 Å². The molecule has 0 spiro atoms. The van der Waals surface area contributed by atoms with Gasteiger partial charge < -0.3 is 20.3 Å². The molecule has 378 valence electrons. The Morgan fingerprint density at radius 2 is 0.734 bits per heavy atom. The minimum absolute atomic E-state index is 0.00762. The lowest BCUT2D eigenvalue weighted by Gasteiger charge is -2.20. The third-order valence-electron chi connectivity index (χ3n) is 13.2. The predicted molar refractivity (Wildman–Crippen MR) is 278 cm³/mol. The number of allylic oxidation sites excluding steroid dienone is 3. The second-order valence-corrected chi connectivity index (χ2v) is 19.6. The second-order valence-electron chi connectivity index (χ2n) is 19.6. The van der Waals surface area contributed by atoms with Gasteiger partial charge >= 0.3 is 5.97 Å². The average Bonchev–Trinajstić information content (AvgIpc) is 3.29. The van der Waals surface area contributed by atoms with Crippen LogP contribution in [0.2, 0.25) is 0 Å². The van der Waals surface area contributed by atoms with E-state index in [9.17, 15) is 19.8 Å². The molecule has 2 unspecified atom stereocenters. The van der Waals surface area contributed by atoms with Crippen molar-refractivity contribution in [1.29, 1.82) is 0 Å². The number of hydrogen-bond acceptors (Lipinski definition) is 5. The van der Waals surface area contributed by atoms with E-state index in [0.29, 0.717) is 19.4 Å². The van der Waals surface area contributed by atoms with Crippen molar-refractivity contribution in [3.8, 4) is 0 Å². The lowest BCUT2D eigenvalue weighted by molar-refractivity contribution is -0.143. The Hall–Kier alpha value is -1.66. The summed E-state index contributed by atoms with van der Waals surface area (Å²) in [4.78, 5) is 24.5. The topological polar surface area (TPSA) is 95.9 Å². The van der Waals surface area contributed by atoms with E-state index in [1.807, 2.05) is 6.08 Å². The Kier molecular flexibility index (Phi) is 52.6. The van der Waals surface area contributed by atoms with Crippen LogP contribution in [0.5, 0.6) is 0 Å². The van der Waals surface area contributed by atoms with Crippen LogP contribution in [0, 0.1) is 0 Å². The highest BCUT2D eigenvalue weighted by Gasteiger charge is 2.18. The highest BCUT2D eigenvalue weighted by atomic mass is 16.5. The number of nitrogens with one attached hydrogen (secondary N) is 1. The smallest absolute Gasteiger partial charge is 0.305 e. The van der Waals surface area contributed by atoms with Gasteiger partial charge in [0.05, 0.1) is 25.4 Å². The summed E-state index contributed by atoms with van der Waals surface area (Å²) in [5, 5.41) is 23.1. The Morgan fingerprint density at radius 1 is 0.422 bits per heavy atom. The zero-order valence-electron chi connectivity index (χ0n) is 43.0. The molecule has 6 heteroatoms. The number of amides is 1. The lowest BCUT2D eigenvalue weighted by atomic mass is 10.0. The first-order valence-electron chi connectivity index (χ1n) is 28.6. The Bertz CT molecular complexity index is 997. The van der Waals surface area contributed by atoms with Crippen molar-refractivity contribution in [3.05, 3.63) is 24.3 Å². The molecule has 0 aromatic heterocycles. The zero-order valence-corrected chi connectivity index (χ0v) is 43.0. The average molecular weight is 903 g/mol. The van der Waals surface area contributed by atoms with Crippen LogP contribution in [0.25, 0.3) is 0 Å². The van der Waals surface area contributed by atoms with E-state index in [-0.39, 0.29) is 18.5 Å². The fourth-order valence-electron chi connectivity index (χ4n) is 8.81. The van der Waals surface area contributed by atoms with Gasteiger partial charge in [0.15, 0.2) is 0 Å². The maximum absolute atomic E-state index is 12.4. The van der Waals surface area contributed by atoms with Crippen molar-refractivity contribution < 1.29 is 24.5 Å². The fraction of sp³-hybridized carbons (Fsp3) is 0.897. The molecule has 0 radical (unpaired) electrons. The number of esters is 1. The molecule has 0 bridgehead atoms. The summed E-state index contributed by atoms with van der Waals surface area (Å²) in [5.74, 6) is -0.0893. The third kappa shape index (κ3) is 49.8. The number of aliphatic hydroxyl groups is 2. The highest BCUT2D eigenvalue weighted by molar-refractivity contribution is 5.76. The molecule has 0 aromatic carbocycles. The van der Waals surface area contributed by atoms with Gasteiger partial charge in [0, 0.05) is 12.8 Å². The Balaban J connectivity index is 3.49. The van der Waals surface area contributed by atoms with Crippen molar-refractivity contribution in [1.82, 2.24) is 5.32 Å². The third-order valence-corrected chi connectivity index (χ3v) is 13.2. The first-order chi connectivity index (χ1) is 31.5. The van der Waals surface area contributed by atoms with Crippen LogP contribution in [0.3, 0.4) is 0 Å². The number of carbonyl (C=O) groups excluding carboxylic acids is 2. The number of rotatable bonds is 53. The van der Waals surface area contributed by atoms with Gasteiger partial charge in [-0.3, -0.25) is 9.59 Å². The first-order valence-corrected chi connectivity index (χ1v) is 28.6. The van der Waals surface area contributed by atoms with Gasteiger partial charge in [-0.1, -0.05) is 263 Å². The lowest BCUT2D eigenvalue weighted by Crippen LogP contribution is -2.45. The monoisotopic (exact) mass is 902 g/mol. The van der Waals surface area contributed by atoms with Crippen LogP contribution in [0.1, 0.15) is 309 Å². The molecular formula is C58H111NO5. The van der Waals surface area contributed by atoms with Gasteiger partial charge in [0.1, 0.15) is 0 Å². The van der Waals surface area contributed by atoms with Crippen molar-refractivity contribution in [2.75, 3.05) is 13.2 Å². The minimum atomic E-state index is -0.854. The van der Waals surface area contributed by atoms with Gasteiger partial charge in [-0.25, -0.2) is 0 Å². The first kappa shape index (κ1) is 62.3. The number of carbonyl (C=O) groups is 2. The predicted octanol–water partition coefficient (Wildman–Crippen LogP) is 17.5. The molecule has 2 atom stereocenters. The van der Waals surface area contributed by atoms with Crippen LogP contribution in [-0.4, -0.2) is 47.4 Å². The highest BCUT2D eigenvalue weighted by Crippen LogP contribution is 2.17. The van der Waals surface area contributed by atoms with Gasteiger partial charge in [-0.2, -0.15) is 0 Å². The molecule has 3 N–H and O–H groups in total. The van der Waals surface area contributed by atoms with Crippen molar-refractivity contribution in [2.24, 2.45) is 0 Å². The molecule has 0 aliphatic rings. The molecule has 0 fully saturated rings. The van der Waals surface area contributed by atoms with Crippen molar-refractivity contribution >= 4 is 11.9 Å². The van der Waals surface area contributed by atoms with E-state index in [1.165, 1.54) is 212 Å². The van der Waals surface area contributed by atoms with E-state index in [4.69, 9.17) is 4.74 Å². The Labute approximate surface area is 399 Å². The molecule has 0 aromatic rings. The summed E-state index contributed by atoms with van der Waals surface area (Å²) >= 11 is 0. The van der Waals surface area contributed by atoms with Crippen LogP contribution in [-0.2, 0) is 14.3 Å². The molecular weight excluding hydrogens is 791 g/mol. The van der Waals surface area contributed by atoms with Crippen molar-refractivity contribution in [3.63, 3.8) is 0 Å². The normalized spacial score (nSPS) is 12.8. The molecule has 0 saturated heterocycles. The van der Waals surface area contributed by atoms with E-state index in [0.717, 1.165) is 70.6 Å². The largest absolute Gasteiger partial charge is 0.466 e. The molecule has 0 heterocycles. The van der Waals surface area contributed by atoms with E-state index in [1.54, 1.807) is 6.08 Å². The van der Waals surface area contributed by atoms with E-state index < -0.39 is 12.1 Å². The quantitative estimate of drug-likeness (QED) is 0.0321. The second kappa shape index (κ2) is 54.0. The number of unbranched alkanes of at least 4 members (excludes halogenated alkanes) is 40. The molecule has 64 heavy (non-hydrogen) atoms. The molecule has 0 aliphatic heterocycles. The van der Waals surface area contributed by atoms with E-state index >= 15 is 0 Å². The number of ether oxygens (including phenoxy) is 1. The minimum Gasteiger partial charge on any atom is -0.466 e. The molecule has 0 rings (SSSR count).